The minimum absolute atomic E-state index is 0.213. The summed E-state index contributed by atoms with van der Waals surface area (Å²) < 4.78 is 12.0. The Kier molecular flexibility index (Phi) is 7.33. The van der Waals surface area contributed by atoms with Gasteiger partial charge in [0.15, 0.2) is 0 Å². The first-order chi connectivity index (χ1) is 16.1. The number of ether oxygens (including phenoxy) is 2. The van der Waals surface area contributed by atoms with Gasteiger partial charge in [0, 0.05) is 42.6 Å². The number of morpholine rings is 1. The van der Waals surface area contributed by atoms with E-state index in [4.69, 9.17) is 15.2 Å². The number of aromatic nitrogens is 2. The molecule has 0 atom stereocenters. The minimum atomic E-state index is -0.513. The third kappa shape index (κ3) is 6.41. The average molecular weight is 450 g/mol. The van der Waals surface area contributed by atoms with Crippen molar-refractivity contribution in [3.63, 3.8) is 0 Å². The predicted molar refractivity (Wildman–Crippen MR) is 126 cm³/mol. The van der Waals surface area contributed by atoms with E-state index in [9.17, 15) is 9.59 Å². The molecule has 0 radical (unpaired) electrons. The Morgan fingerprint density at radius 1 is 1.09 bits per heavy atom. The summed E-state index contributed by atoms with van der Waals surface area (Å²) in [5.74, 6) is 0. The fraction of sp³-hybridized carbons (Fsp3) is 0.292. The molecule has 1 amide bonds. The molecule has 2 heterocycles. The largest absolute Gasteiger partial charge is 0.448 e. The van der Waals surface area contributed by atoms with Crippen molar-refractivity contribution in [2.45, 2.75) is 6.54 Å². The molecule has 1 fully saturated rings. The second kappa shape index (κ2) is 10.8. The van der Waals surface area contributed by atoms with Gasteiger partial charge in [0.05, 0.1) is 25.5 Å². The number of carbonyl (C=O) groups is 1. The van der Waals surface area contributed by atoms with Crippen LogP contribution in [0.1, 0.15) is 5.56 Å². The van der Waals surface area contributed by atoms with Crippen LogP contribution >= 0.6 is 0 Å². The van der Waals surface area contributed by atoms with Crippen molar-refractivity contribution in [2.24, 2.45) is 0 Å². The number of hydrogen-bond donors (Lipinski definition) is 2. The Morgan fingerprint density at radius 2 is 1.88 bits per heavy atom. The summed E-state index contributed by atoms with van der Waals surface area (Å²) in [6, 6.07) is 17.8. The van der Waals surface area contributed by atoms with Crippen LogP contribution in [0, 0.1) is 0 Å². The Bertz CT molecular complexity index is 1140. The van der Waals surface area contributed by atoms with E-state index in [1.807, 2.05) is 24.3 Å². The van der Waals surface area contributed by atoms with E-state index < -0.39 is 6.09 Å². The highest BCUT2D eigenvalue weighted by Crippen LogP contribution is 2.17. The van der Waals surface area contributed by atoms with Crippen molar-refractivity contribution in [3.8, 4) is 11.3 Å². The second-order valence-electron chi connectivity index (χ2n) is 7.75. The number of nitrogen functional groups attached to an aromatic ring is 1. The van der Waals surface area contributed by atoms with E-state index in [-0.39, 0.29) is 12.1 Å². The maximum atomic E-state index is 12.4. The number of nitrogens with one attached hydrogen (secondary N) is 1. The standard InChI is InChI=1S/C24H27N5O4/c25-20-6-4-19(5-7-20)22-8-9-23(30)29(27-22)17-18-2-1-3-21(16-18)26-24(31)33-15-12-28-10-13-32-14-11-28/h1-9,16H,10-15,17,25H2,(H,26,31). The van der Waals surface area contributed by atoms with Gasteiger partial charge in [0.25, 0.3) is 5.56 Å². The Balaban J connectivity index is 1.36. The first-order valence-electron chi connectivity index (χ1n) is 10.8. The molecule has 1 aliphatic rings. The predicted octanol–water partition coefficient (Wildman–Crippen LogP) is 2.42. The van der Waals surface area contributed by atoms with Crippen LogP contribution in [0.5, 0.6) is 0 Å². The Labute approximate surface area is 191 Å². The maximum absolute atomic E-state index is 12.4. The van der Waals surface area contributed by atoms with Crippen molar-refractivity contribution >= 4 is 17.5 Å². The second-order valence-corrected chi connectivity index (χ2v) is 7.75. The van der Waals surface area contributed by atoms with Gasteiger partial charge in [-0.15, -0.1) is 0 Å². The lowest BCUT2D eigenvalue weighted by atomic mass is 10.1. The monoisotopic (exact) mass is 449 g/mol. The molecule has 9 nitrogen and oxygen atoms in total. The van der Waals surface area contributed by atoms with Crippen LogP contribution in [-0.4, -0.2) is 60.2 Å². The van der Waals surface area contributed by atoms with Crippen molar-refractivity contribution in [2.75, 3.05) is 50.5 Å². The Hall–Kier alpha value is -3.69. The lowest BCUT2D eigenvalue weighted by Crippen LogP contribution is -2.38. The number of rotatable bonds is 7. The van der Waals surface area contributed by atoms with E-state index >= 15 is 0 Å². The SMILES string of the molecule is Nc1ccc(-c2ccc(=O)n(Cc3cccc(NC(=O)OCCN4CCOCC4)c3)n2)cc1. The van der Waals surface area contributed by atoms with Crippen LogP contribution < -0.4 is 16.6 Å². The summed E-state index contributed by atoms with van der Waals surface area (Å²) in [5.41, 5.74) is 9.16. The van der Waals surface area contributed by atoms with Gasteiger partial charge in [-0.2, -0.15) is 5.10 Å². The summed E-state index contributed by atoms with van der Waals surface area (Å²) in [5, 5.41) is 7.22. The number of nitrogens with two attached hydrogens (primary N) is 1. The number of nitrogens with zero attached hydrogens (tertiary/aromatic N) is 3. The summed E-state index contributed by atoms with van der Waals surface area (Å²) in [6.45, 7) is 4.36. The minimum Gasteiger partial charge on any atom is -0.448 e. The molecule has 1 aromatic heterocycles. The first-order valence-corrected chi connectivity index (χ1v) is 10.8. The van der Waals surface area contributed by atoms with Gasteiger partial charge in [-0.3, -0.25) is 15.0 Å². The van der Waals surface area contributed by atoms with Gasteiger partial charge >= 0.3 is 6.09 Å². The molecule has 2 aromatic carbocycles. The molecule has 4 rings (SSSR count). The fourth-order valence-electron chi connectivity index (χ4n) is 3.54. The van der Waals surface area contributed by atoms with Crippen LogP contribution in [0.3, 0.4) is 0 Å². The number of carbonyl (C=O) groups excluding carboxylic acids is 1. The van der Waals surface area contributed by atoms with E-state index in [0.29, 0.717) is 43.4 Å². The van der Waals surface area contributed by atoms with Crippen molar-refractivity contribution < 1.29 is 14.3 Å². The van der Waals surface area contributed by atoms with Crippen LogP contribution in [0.4, 0.5) is 16.2 Å². The van der Waals surface area contributed by atoms with Crippen LogP contribution in [-0.2, 0) is 16.0 Å². The van der Waals surface area contributed by atoms with Crippen molar-refractivity contribution in [1.29, 1.82) is 0 Å². The van der Waals surface area contributed by atoms with Crippen LogP contribution in [0.2, 0.25) is 0 Å². The first kappa shape index (κ1) is 22.5. The summed E-state index contributed by atoms with van der Waals surface area (Å²) in [7, 11) is 0. The average Bonchev–Trinajstić information content (AvgIpc) is 2.82. The summed E-state index contributed by atoms with van der Waals surface area (Å²) >= 11 is 0. The third-order valence-corrected chi connectivity index (χ3v) is 5.32. The summed E-state index contributed by atoms with van der Waals surface area (Å²) in [4.78, 5) is 26.7. The highest BCUT2D eigenvalue weighted by Gasteiger charge is 2.11. The van der Waals surface area contributed by atoms with Crippen molar-refractivity contribution in [3.05, 3.63) is 76.6 Å². The lowest BCUT2D eigenvalue weighted by molar-refractivity contribution is 0.0290. The van der Waals surface area contributed by atoms with E-state index in [2.05, 4.69) is 15.3 Å². The van der Waals surface area contributed by atoms with Crippen molar-refractivity contribution in [1.82, 2.24) is 14.7 Å². The van der Waals surface area contributed by atoms with Crippen LogP contribution in [0.15, 0.2) is 65.5 Å². The normalized spacial score (nSPS) is 14.1. The number of hydrogen-bond acceptors (Lipinski definition) is 7. The highest BCUT2D eigenvalue weighted by molar-refractivity contribution is 5.84. The zero-order valence-electron chi connectivity index (χ0n) is 18.3. The number of anilines is 2. The van der Waals surface area contributed by atoms with Gasteiger partial charge in [-0.25, -0.2) is 9.48 Å². The number of benzene rings is 2. The summed E-state index contributed by atoms with van der Waals surface area (Å²) in [6.07, 6.45) is -0.513. The molecular formula is C24H27N5O4. The Morgan fingerprint density at radius 3 is 2.67 bits per heavy atom. The molecule has 0 bridgehead atoms. The molecule has 0 aliphatic carbocycles. The molecule has 0 spiro atoms. The van der Waals surface area contributed by atoms with Gasteiger partial charge in [0.2, 0.25) is 0 Å². The smallest absolute Gasteiger partial charge is 0.411 e. The lowest BCUT2D eigenvalue weighted by Gasteiger charge is -2.26. The van der Waals surface area contributed by atoms with Gasteiger partial charge in [0.1, 0.15) is 6.61 Å². The molecule has 0 saturated carbocycles. The zero-order valence-corrected chi connectivity index (χ0v) is 18.3. The third-order valence-electron chi connectivity index (χ3n) is 5.32. The van der Waals surface area contributed by atoms with Crippen LogP contribution in [0.25, 0.3) is 11.3 Å². The molecule has 0 unspecified atom stereocenters. The zero-order chi connectivity index (χ0) is 23.0. The topological polar surface area (TPSA) is 112 Å². The van der Waals surface area contributed by atoms with Gasteiger partial charge < -0.3 is 15.2 Å². The molecule has 3 aromatic rings. The van der Waals surface area contributed by atoms with Gasteiger partial charge in [-0.05, 0) is 35.9 Å². The molecule has 1 saturated heterocycles. The molecular weight excluding hydrogens is 422 g/mol. The fourth-order valence-corrected chi connectivity index (χ4v) is 3.54. The van der Waals surface area contributed by atoms with E-state index in [0.717, 1.165) is 24.2 Å². The number of amides is 1. The molecule has 1 aliphatic heterocycles. The quantitative estimate of drug-likeness (QED) is 0.533. The van der Waals surface area contributed by atoms with E-state index in [1.165, 1.54) is 10.7 Å². The molecule has 9 heteroatoms. The molecule has 3 N–H and O–H groups in total. The van der Waals surface area contributed by atoms with E-state index in [1.54, 1.807) is 30.3 Å². The van der Waals surface area contributed by atoms with Gasteiger partial charge in [-0.1, -0.05) is 24.3 Å². The maximum Gasteiger partial charge on any atom is 0.411 e. The molecule has 33 heavy (non-hydrogen) atoms. The highest BCUT2D eigenvalue weighted by atomic mass is 16.5. The molecule has 172 valence electrons.